The van der Waals surface area contributed by atoms with Gasteiger partial charge >= 0.3 is 11.9 Å². The highest BCUT2D eigenvalue weighted by atomic mass is 16.6. The largest absolute Gasteiger partial charge is 0.482 e. The molecule has 0 aliphatic heterocycles. The summed E-state index contributed by atoms with van der Waals surface area (Å²) in [4.78, 5) is 23.1. The van der Waals surface area contributed by atoms with Crippen LogP contribution in [0.15, 0.2) is 42.5 Å². The zero-order valence-electron chi connectivity index (χ0n) is 13.3. The Balaban J connectivity index is 1.92. The van der Waals surface area contributed by atoms with Crippen molar-refractivity contribution in [1.29, 1.82) is 0 Å². The summed E-state index contributed by atoms with van der Waals surface area (Å²) in [5.41, 5.74) is 2.39. The van der Waals surface area contributed by atoms with Gasteiger partial charge in [0.25, 0.3) is 0 Å². The van der Waals surface area contributed by atoms with E-state index in [4.69, 9.17) is 9.47 Å². The van der Waals surface area contributed by atoms with Crippen LogP contribution in [0.4, 0.5) is 0 Å². The van der Waals surface area contributed by atoms with E-state index in [-0.39, 0.29) is 6.61 Å². The molecule has 0 aliphatic carbocycles. The second-order valence-corrected chi connectivity index (χ2v) is 5.05. The van der Waals surface area contributed by atoms with Crippen LogP contribution in [0.25, 0.3) is 0 Å². The topological polar surface area (TPSA) is 61.8 Å². The lowest BCUT2D eigenvalue weighted by Gasteiger charge is -2.10. The third-order valence-corrected chi connectivity index (χ3v) is 3.20. The Morgan fingerprint density at radius 2 is 1.70 bits per heavy atom. The van der Waals surface area contributed by atoms with Crippen molar-refractivity contribution < 1.29 is 23.8 Å². The highest BCUT2D eigenvalue weighted by molar-refractivity contribution is 5.89. The number of hydrogen-bond donors (Lipinski definition) is 0. The maximum atomic E-state index is 11.8. The number of rotatable bonds is 5. The predicted molar refractivity (Wildman–Crippen MR) is 84.8 cm³/mol. The number of hydrogen-bond acceptors (Lipinski definition) is 5. The van der Waals surface area contributed by atoms with Crippen molar-refractivity contribution in [2.75, 3.05) is 13.7 Å². The maximum absolute atomic E-state index is 11.8. The molecule has 0 radical (unpaired) electrons. The normalized spacial score (nSPS) is 10.0. The van der Waals surface area contributed by atoms with Crippen LogP contribution in [0.2, 0.25) is 0 Å². The summed E-state index contributed by atoms with van der Waals surface area (Å²) in [6.45, 7) is 3.67. The molecule has 0 spiro atoms. The van der Waals surface area contributed by atoms with Gasteiger partial charge < -0.3 is 14.2 Å². The Hall–Kier alpha value is -2.82. The number of benzene rings is 2. The summed E-state index contributed by atoms with van der Waals surface area (Å²) in [6, 6.07) is 11.9. The molecule has 5 nitrogen and oxygen atoms in total. The highest BCUT2D eigenvalue weighted by Gasteiger charge is 2.09. The average molecular weight is 314 g/mol. The minimum absolute atomic E-state index is 0.191. The Morgan fingerprint density at radius 1 is 1.00 bits per heavy atom. The molecule has 0 aromatic heterocycles. The number of esters is 2. The SMILES string of the molecule is COC(=O)c1ccc(OC(=O)COc2cc(C)ccc2C)cc1. The fourth-order valence-electron chi connectivity index (χ4n) is 1.94. The lowest BCUT2D eigenvalue weighted by atomic mass is 10.1. The predicted octanol–water partition coefficient (Wildman–Crippen LogP) is 3.07. The highest BCUT2D eigenvalue weighted by Crippen LogP contribution is 2.19. The minimum atomic E-state index is -0.517. The monoisotopic (exact) mass is 314 g/mol. The molecule has 0 aliphatic rings. The van der Waals surface area contributed by atoms with Crippen LogP contribution in [0.3, 0.4) is 0 Å². The van der Waals surface area contributed by atoms with Gasteiger partial charge in [-0.05, 0) is 55.3 Å². The summed E-state index contributed by atoms with van der Waals surface area (Å²) in [5.74, 6) is 0.0352. The van der Waals surface area contributed by atoms with Crippen LogP contribution in [-0.4, -0.2) is 25.7 Å². The van der Waals surface area contributed by atoms with Crippen molar-refractivity contribution in [2.45, 2.75) is 13.8 Å². The molecule has 0 fully saturated rings. The summed E-state index contributed by atoms with van der Waals surface area (Å²) in [7, 11) is 1.31. The molecule has 2 aromatic carbocycles. The molecular weight excluding hydrogens is 296 g/mol. The molecule has 0 saturated heterocycles. The number of aryl methyl sites for hydroxylation is 2. The first-order valence-electron chi connectivity index (χ1n) is 7.08. The molecule has 0 atom stereocenters. The quantitative estimate of drug-likeness (QED) is 0.627. The molecule has 0 saturated carbocycles. The average Bonchev–Trinajstić information content (AvgIpc) is 2.55. The van der Waals surface area contributed by atoms with Crippen LogP contribution in [0, 0.1) is 13.8 Å². The number of methoxy groups -OCH3 is 1. The van der Waals surface area contributed by atoms with E-state index in [0.29, 0.717) is 17.1 Å². The van der Waals surface area contributed by atoms with E-state index in [1.165, 1.54) is 31.4 Å². The first-order chi connectivity index (χ1) is 11.0. The fourth-order valence-corrected chi connectivity index (χ4v) is 1.94. The van der Waals surface area contributed by atoms with Crippen LogP contribution in [-0.2, 0) is 9.53 Å². The van der Waals surface area contributed by atoms with Crippen molar-refractivity contribution >= 4 is 11.9 Å². The summed E-state index contributed by atoms with van der Waals surface area (Å²) in [5, 5.41) is 0. The van der Waals surface area contributed by atoms with Crippen LogP contribution in [0.1, 0.15) is 21.5 Å². The molecule has 0 N–H and O–H groups in total. The first kappa shape index (κ1) is 16.5. The van der Waals surface area contributed by atoms with Crippen molar-refractivity contribution in [3.8, 4) is 11.5 Å². The molecule has 2 aromatic rings. The van der Waals surface area contributed by atoms with Crippen molar-refractivity contribution in [1.82, 2.24) is 0 Å². The Bertz CT molecular complexity index is 704. The second-order valence-electron chi connectivity index (χ2n) is 5.05. The molecule has 5 heteroatoms. The van der Waals surface area contributed by atoms with Crippen LogP contribution in [0.5, 0.6) is 11.5 Å². The molecule has 23 heavy (non-hydrogen) atoms. The summed E-state index contributed by atoms with van der Waals surface area (Å²) in [6.07, 6.45) is 0. The molecule has 0 bridgehead atoms. The number of carbonyl (C=O) groups is 2. The van der Waals surface area contributed by atoms with Crippen LogP contribution >= 0.6 is 0 Å². The van der Waals surface area contributed by atoms with Gasteiger partial charge in [-0.2, -0.15) is 0 Å². The summed E-state index contributed by atoms with van der Waals surface area (Å²) < 4.78 is 15.2. The standard InChI is InChI=1S/C18H18O5/c1-12-4-5-13(2)16(10-12)22-11-17(19)23-15-8-6-14(7-9-15)18(20)21-3/h4-10H,11H2,1-3H3. The van der Waals surface area contributed by atoms with Gasteiger partial charge in [0.1, 0.15) is 11.5 Å². The lowest BCUT2D eigenvalue weighted by molar-refractivity contribution is -0.136. The number of carbonyl (C=O) groups excluding carboxylic acids is 2. The van der Waals surface area contributed by atoms with E-state index in [1.807, 2.05) is 32.0 Å². The second kappa shape index (κ2) is 7.45. The molecule has 0 unspecified atom stereocenters. The smallest absolute Gasteiger partial charge is 0.349 e. The molecule has 2 rings (SSSR count). The van der Waals surface area contributed by atoms with E-state index in [2.05, 4.69) is 4.74 Å². The van der Waals surface area contributed by atoms with Gasteiger partial charge in [0.2, 0.25) is 0 Å². The summed E-state index contributed by atoms with van der Waals surface area (Å²) >= 11 is 0. The van der Waals surface area contributed by atoms with E-state index in [1.54, 1.807) is 0 Å². The van der Waals surface area contributed by atoms with E-state index in [0.717, 1.165) is 11.1 Å². The zero-order valence-corrected chi connectivity index (χ0v) is 13.3. The maximum Gasteiger partial charge on any atom is 0.349 e. The fraction of sp³-hybridized carbons (Fsp3) is 0.222. The Morgan fingerprint density at radius 3 is 2.35 bits per heavy atom. The van der Waals surface area contributed by atoms with Crippen molar-refractivity contribution in [3.05, 3.63) is 59.2 Å². The third-order valence-electron chi connectivity index (χ3n) is 3.20. The van der Waals surface area contributed by atoms with Gasteiger partial charge in [-0.15, -0.1) is 0 Å². The van der Waals surface area contributed by atoms with Gasteiger partial charge in [-0.1, -0.05) is 12.1 Å². The molecular formula is C18H18O5. The third kappa shape index (κ3) is 4.57. The van der Waals surface area contributed by atoms with E-state index < -0.39 is 11.9 Å². The van der Waals surface area contributed by atoms with Gasteiger partial charge in [0.15, 0.2) is 6.61 Å². The Labute approximate surface area is 134 Å². The van der Waals surface area contributed by atoms with Gasteiger partial charge in [0.05, 0.1) is 12.7 Å². The van der Waals surface area contributed by atoms with Gasteiger partial charge in [0, 0.05) is 0 Å². The van der Waals surface area contributed by atoms with Crippen LogP contribution < -0.4 is 9.47 Å². The van der Waals surface area contributed by atoms with Gasteiger partial charge in [-0.25, -0.2) is 9.59 Å². The molecule has 120 valence electrons. The van der Waals surface area contributed by atoms with E-state index in [9.17, 15) is 9.59 Å². The number of ether oxygens (including phenoxy) is 3. The Kier molecular flexibility index (Phi) is 5.36. The molecule has 0 amide bonds. The van der Waals surface area contributed by atoms with E-state index >= 15 is 0 Å². The lowest BCUT2D eigenvalue weighted by Crippen LogP contribution is -2.18. The van der Waals surface area contributed by atoms with Crippen molar-refractivity contribution in [2.24, 2.45) is 0 Å². The molecule has 0 heterocycles. The van der Waals surface area contributed by atoms with Gasteiger partial charge in [-0.3, -0.25) is 0 Å². The minimum Gasteiger partial charge on any atom is -0.482 e. The zero-order chi connectivity index (χ0) is 16.8. The van der Waals surface area contributed by atoms with Crippen molar-refractivity contribution in [3.63, 3.8) is 0 Å². The first-order valence-corrected chi connectivity index (χ1v) is 7.08.